The van der Waals surface area contributed by atoms with Crippen LogP contribution in [-0.2, 0) is 9.59 Å². The van der Waals surface area contributed by atoms with Crippen molar-refractivity contribution in [3.8, 4) is 5.75 Å². The van der Waals surface area contributed by atoms with E-state index in [4.69, 9.17) is 4.74 Å². The largest absolute Gasteiger partial charge is 0.495 e. The lowest BCUT2D eigenvalue weighted by Gasteiger charge is -2.11. The first-order valence-corrected chi connectivity index (χ1v) is 8.07. The average Bonchev–Trinajstić information content (AvgIpc) is 2.61. The standard InChI is InChI=1S/C19H23N3O3/c1-13(2)19(24)21-15-10-8-14(9-11-15)20-12-18(23)22-16-6-4-5-7-17(16)25-3/h4-11,13,20H,12H2,1-3H3,(H,21,24)(H,22,23). The highest BCUT2D eigenvalue weighted by Gasteiger charge is 2.08. The van der Waals surface area contributed by atoms with Gasteiger partial charge in [0, 0.05) is 17.3 Å². The number of benzene rings is 2. The molecule has 0 radical (unpaired) electrons. The van der Waals surface area contributed by atoms with Crippen molar-refractivity contribution in [3.05, 3.63) is 48.5 Å². The van der Waals surface area contributed by atoms with Crippen molar-refractivity contribution in [1.82, 2.24) is 0 Å². The van der Waals surface area contributed by atoms with Gasteiger partial charge in [-0.3, -0.25) is 9.59 Å². The van der Waals surface area contributed by atoms with Gasteiger partial charge in [-0.15, -0.1) is 0 Å². The maximum atomic E-state index is 12.1. The molecule has 2 aromatic rings. The van der Waals surface area contributed by atoms with E-state index in [1.54, 1.807) is 31.4 Å². The molecule has 132 valence electrons. The number of amides is 2. The number of ether oxygens (including phenoxy) is 1. The fourth-order valence-corrected chi connectivity index (χ4v) is 2.08. The summed E-state index contributed by atoms with van der Waals surface area (Å²) in [6, 6.07) is 14.4. The zero-order valence-electron chi connectivity index (χ0n) is 14.6. The van der Waals surface area contributed by atoms with E-state index in [-0.39, 0.29) is 24.3 Å². The van der Waals surface area contributed by atoms with Crippen LogP contribution in [0, 0.1) is 5.92 Å². The van der Waals surface area contributed by atoms with Gasteiger partial charge in [-0.1, -0.05) is 26.0 Å². The minimum atomic E-state index is -0.179. The second kappa shape index (κ2) is 8.73. The maximum absolute atomic E-state index is 12.1. The predicted octanol–water partition coefficient (Wildman–Crippen LogP) is 3.34. The molecule has 0 bridgehead atoms. The summed E-state index contributed by atoms with van der Waals surface area (Å²) < 4.78 is 5.20. The van der Waals surface area contributed by atoms with Crippen LogP contribution in [0.2, 0.25) is 0 Å². The number of hydrogen-bond acceptors (Lipinski definition) is 4. The Morgan fingerprint density at radius 2 is 1.60 bits per heavy atom. The van der Waals surface area contributed by atoms with Gasteiger partial charge >= 0.3 is 0 Å². The monoisotopic (exact) mass is 341 g/mol. The van der Waals surface area contributed by atoms with E-state index in [0.29, 0.717) is 11.4 Å². The molecule has 0 saturated carbocycles. The number of para-hydroxylation sites is 2. The van der Waals surface area contributed by atoms with Crippen LogP contribution in [0.25, 0.3) is 0 Å². The first-order chi connectivity index (χ1) is 12.0. The highest BCUT2D eigenvalue weighted by Crippen LogP contribution is 2.22. The Hall–Kier alpha value is -3.02. The summed E-state index contributed by atoms with van der Waals surface area (Å²) in [7, 11) is 1.56. The fraction of sp³-hybridized carbons (Fsp3) is 0.263. The number of rotatable bonds is 7. The van der Waals surface area contributed by atoms with E-state index in [2.05, 4.69) is 16.0 Å². The van der Waals surface area contributed by atoms with Crippen LogP contribution in [0.15, 0.2) is 48.5 Å². The molecule has 0 aliphatic heterocycles. The summed E-state index contributed by atoms with van der Waals surface area (Å²) in [5, 5.41) is 8.66. The number of hydrogen-bond donors (Lipinski definition) is 3. The molecule has 0 unspecified atom stereocenters. The van der Waals surface area contributed by atoms with E-state index >= 15 is 0 Å². The van der Waals surface area contributed by atoms with Crippen LogP contribution < -0.4 is 20.7 Å². The van der Waals surface area contributed by atoms with Gasteiger partial charge in [-0.25, -0.2) is 0 Å². The van der Waals surface area contributed by atoms with E-state index in [0.717, 1.165) is 11.4 Å². The topological polar surface area (TPSA) is 79.5 Å². The van der Waals surface area contributed by atoms with Gasteiger partial charge in [0.2, 0.25) is 11.8 Å². The summed E-state index contributed by atoms with van der Waals surface area (Å²) in [5.74, 6) is 0.330. The van der Waals surface area contributed by atoms with Crippen molar-refractivity contribution in [3.63, 3.8) is 0 Å². The molecule has 6 heteroatoms. The Kier molecular flexibility index (Phi) is 6.39. The van der Waals surface area contributed by atoms with Gasteiger partial charge in [0.15, 0.2) is 0 Å². The molecule has 3 N–H and O–H groups in total. The Morgan fingerprint density at radius 1 is 0.960 bits per heavy atom. The average molecular weight is 341 g/mol. The number of anilines is 3. The molecule has 0 aromatic heterocycles. The molecule has 2 amide bonds. The lowest BCUT2D eigenvalue weighted by Crippen LogP contribution is -2.22. The third-order valence-corrected chi connectivity index (χ3v) is 3.51. The van der Waals surface area contributed by atoms with Crippen molar-refractivity contribution < 1.29 is 14.3 Å². The minimum Gasteiger partial charge on any atom is -0.495 e. The maximum Gasteiger partial charge on any atom is 0.243 e. The van der Waals surface area contributed by atoms with Gasteiger partial charge in [-0.05, 0) is 36.4 Å². The molecular formula is C19H23N3O3. The Labute approximate surface area is 147 Å². The number of nitrogens with one attached hydrogen (secondary N) is 3. The first kappa shape index (κ1) is 18.3. The van der Waals surface area contributed by atoms with E-state index in [9.17, 15) is 9.59 Å². The number of carbonyl (C=O) groups excluding carboxylic acids is 2. The molecule has 6 nitrogen and oxygen atoms in total. The third kappa shape index (κ3) is 5.53. The lowest BCUT2D eigenvalue weighted by atomic mass is 10.2. The summed E-state index contributed by atoms with van der Waals surface area (Å²) in [6.45, 7) is 3.80. The van der Waals surface area contributed by atoms with Crippen LogP contribution in [0.3, 0.4) is 0 Å². The molecule has 25 heavy (non-hydrogen) atoms. The van der Waals surface area contributed by atoms with Crippen LogP contribution in [0.1, 0.15) is 13.8 Å². The second-order valence-electron chi connectivity index (χ2n) is 5.82. The van der Waals surface area contributed by atoms with Crippen LogP contribution in [0.4, 0.5) is 17.1 Å². The smallest absolute Gasteiger partial charge is 0.243 e. The van der Waals surface area contributed by atoms with Crippen molar-refractivity contribution in [2.45, 2.75) is 13.8 Å². The quantitative estimate of drug-likeness (QED) is 0.722. The normalized spacial score (nSPS) is 10.2. The Morgan fingerprint density at radius 3 is 2.24 bits per heavy atom. The van der Waals surface area contributed by atoms with Gasteiger partial charge in [0.1, 0.15) is 5.75 Å². The van der Waals surface area contributed by atoms with Crippen LogP contribution in [-0.4, -0.2) is 25.5 Å². The van der Waals surface area contributed by atoms with E-state index < -0.39 is 0 Å². The van der Waals surface area contributed by atoms with Gasteiger partial charge in [-0.2, -0.15) is 0 Å². The second-order valence-corrected chi connectivity index (χ2v) is 5.82. The van der Waals surface area contributed by atoms with Crippen molar-refractivity contribution in [1.29, 1.82) is 0 Å². The zero-order chi connectivity index (χ0) is 18.2. The molecule has 2 aromatic carbocycles. The van der Waals surface area contributed by atoms with Crippen molar-refractivity contribution in [2.75, 3.05) is 29.6 Å². The van der Waals surface area contributed by atoms with Crippen molar-refractivity contribution >= 4 is 28.9 Å². The molecule has 0 saturated heterocycles. The lowest BCUT2D eigenvalue weighted by molar-refractivity contribution is -0.119. The molecule has 0 spiro atoms. The molecule has 0 atom stereocenters. The molecular weight excluding hydrogens is 318 g/mol. The number of carbonyl (C=O) groups is 2. The first-order valence-electron chi connectivity index (χ1n) is 8.07. The number of methoxy groups -OCH3 is 1. The zero-order valence-corrected chi connectivity index (χ0v) is 14.6. The summed E-state index contributed by atoms with van der Waals surface area (Å²) >= 11 is 0. The molecule has 0 heterocycles. The molecule has 0 aliphatic carbocycles. The highest BCUT2D eigenvalue weighted by atomic mass is 16.5. The summed E-state index contributed by atoms with van der Waals surface area (Å²) in [4.78, 5) is 23.7. The third-order valence-electron chi connectivity index (χ3n) is 3.51. The van der Waals surface area contributed by atoms with Gasteiger partial charge in [0.25, 0.3) is 0 Å². The van der Waals surface area contributed by atoms with Gasteiger partial charge < -0.3 is 20.7 Å². The van der Waals surface area contributed by atoms with Crippen LogP contribution in [0.5, 0.6) is 5.75 Å². The predicted molar refractivity (Wildman–Crippen MR) is 100 cm³/mol. The minimum absolute atomic E-state index is 0.0307. The Balaban J connectivity index is 1.86. The molecule has 2 rings (SSSR count). The van der Waals surface area contributed by atoms with Crippen LogP contribution >= 0.6 is 0 Å². The Bertz CT molecular complexity index is 727. The van der Waals surface area contributed by atoms with Crippen molar-refractivity contribution in [2.24, 2.45) is 5.92 Å². The fourth-order valence-electron chi connectivity index (χ4n) is 2.08. The molecule has 0 fully saturated rings. The van der Waals surface area contributed by atoms with Gasteiger partial charge in [0.05, 0.1) is 19.3 Å². The highest BCUT2D eigenvalue weighted by molar-refractivity contribution is 5.95. The summed E-state index contributed by atoms with van der Waals surface area (Å²) in [5.41, 5.74) is 2.14. The van der Waals surface area contributed by atoms with E-state index in [1.807, 2.05) is 38.1 Å². The van der Waals surface area contributed by atoms with E-state index in [1.165, 1.54) is 0 Å². The SMILES string of the molecule is COc1ccccc1NC(=O)CNc1ccc(NC(=O)C(C)C)cc1. The molecule has 0 aliphatic rings. The summed E-state index contributed by atoms with van der Waals surface area (Å²) in [6.07, 6.45) is 0.